The van der Waals surface area contributed by atoms with Crippen molar-refractivity contribution >= 4 is 27.4 Å². The summed E-state index contributed by atoms with van der Waals surface area (Å²) in [5.74, 6) is -0.269. The molecule has 0 aliphatic carbocycles. The molecule has 0 unspecified atom stereocenters. The van der Waals surface area contributed by atoms with Gasteiger partial charge in [0.05, 0.1) is 0 Å². The molecular formula is C16H17BrF3N3O. The number of ether oxygens (including phenoxy) is 1. The molecule has 1 aromatic carbocycles. The predicted molar refractivity (Wildman–Crippen MR) is 89.6 cm³/mol. The first-order valence-corrected chi connectivity index (χ1v) is 7.89. The maximum atomic E-state index is 13.3. The van der Waals surface area contributed by atoms with E-state index in [1.165, 1.54) is 11.9 Å². The van der Waals surface area contributed by atoms with Crippen LogP contribution in [0, 0.1) is 0 Å². The van der Waals surface area contributed by atoms with Crippen LogP contribution in [0.3, 0.4) is 0 Å². The minimum atomic E-state index is -4.57. The van der Waals surface area contributed by atoms with Crippen molar-refractivity contribution in [3.05, 3.63) is 40.5 Å². The van der Waals surface area contributed by atoms with Gasteiger partial charge in [-0.25, -0.2) is 4.98 Å². The lowest BCUT2D eigenvalue weighted by Crippen LogP contribution is -2.26. The lowest BCUT2D eigenvalue weighted by atomic mass is 10.2. The van der Waals surface area contributed by atoms with Crippen LogP contribution in [-0.4, -0.2) is 22.6 Å². The molecule has 1 aromatic heterocycles. The van der Waals surface area contributed by atoms with E-state index in [1.807, 2.05) is 0 Å². The second kappa shape index (κ2) is 6.58. The third-order valence-corrected chi connectivity index (χ3v) is 3.46. The number of aromatic nitrogens is 2. The van der Waals surface area contributed by atoms with Crippen molar-refractivity contribution in [2.75, 3.05) is 11.9 Å². The van der Waals surface area contributed by atoms with E-state index in [4.69, 9.17) is 4.74 Å². The molecule has 24 heavy (non-hydrogen) atoms. The van der Waals surface area contributed by atoms with Gasteiger partial charge in [-0.1, -0.05) is 22.0 Å². The molecule has 0 spiro atoms. The molecule has 0 aliphatic rings. The van der Waals surface area contributed by atoms with E-state index in [1.54, 1.807) is 45.0 Å². The van der Waals surface area contributed by atoms with E-state index >= 15 is 0 Å². The fourth-order valence-electron chi connectivity index (χ4n) is 1.94. The Morgan fingerprint density at radius 2 is 1.83 bits per heavy atom. The zero-order chi connectivity index (χ0) is 18.1. The lowest BCUT2D eigenvalue weighted by molar-refractivity contribution is -0.137. The van der Waals surface area contributed by atoms with Crippen molar-refractivity contribution in [2.24, 2.45) is 0 Å². The average Bonchev–Trinajstić information content (AvgIpc) is 2.43. The summed E-state index contributed by atoms with van der Waals surface area (Å²) >= 11 is 3.31. The summed E-state index contributed by atoms with van der Waals surface area (Å²) in [4.78, 5) is 9.04. The van der Waals surface area contributed by atoms with Crippen molar-refractivity contribution in [1.29, 1.82) is 0 Å². The van der Waals surface area contributed by atoms with Crippen molar-refractivity contribution in [1.82, 2.24) is 9.97 Å². The van der Waals surface area contributed by atoms with E-state index in [-0.39, 0.29) is 11.8 Å². The van der Waals surface area contributed by atoms with Crippen LogP contribution >= 0.6 is 15.9 Å². The highest BCUT2D eigenvalue weighted by atomic mass is 79.9. The molecule has 1 heterocycles. The molecule has 0 saturated carbocycles. The summed E-state index contributed by atoms with van der Waals surface area (Å²) in [6.07, 6.45) is -3.83. The van der Waals surface area contributed by atoms with Crippen molar-refractivity contribution in [3.8, 4) is 6.01 Å². The maximum absolute atomic E-state index is 13.3. The van der Waals surface area contributed by atoms with Gasteiger partial charge in [0, 0.05) is 23.4 Å². The van der Waals surface area contributed by atoms with Crippen molar-refractivity contribution < 1.29 is 17.9 Å². The first kappa shape index (κ1) is 18.5. The van der Waals surface area contributed by atoms with Crippen LogP contribution in [0.5, 0.6) is 6.01 Å². The molecule has 0 atom stereocenters. The zero-order valence-electron chi connectivity index (χ0n) is 13.6. The largest absolute Gasteiger partial charge is 0.458 e. The van der Waals surface area contributed by atoms with E-state index in [2.05, 4.69) is 25.9 Å². The Labute approximate surface area is 146 Å². The molecule has 4 nitrogen and oxygen atoms in total. The zero-order valence-corrected chi connectivity index (χ0v) is 15.2. The summed E-state index contributed by atoms with van der Waals surface area (Å²) in [7, 11) is 1.51. The van der Waals surface area contributed by atoms with Gasteiger partial charge in [-0.2, -0.15) is 18.2 Å². The molecule has 8 heteroatoms. The second-order valence-electron chi connectivity index (χ2n) is 6.14. The SMILES string of the molecule is CN(c1cccc(Br)c1)c1nc(OC(C)(C)C)ncc1C(F)(F)F. The van der Waals surface area contributed by atoms with E-state index in [0.717, 1.165) is 10.7 Å². The van der Waals surface area contributed by atoms with Crippen LogP contribution in [-0.2, 0) is 6.18 Å². The van der Waals surface area contributed by atoms with Crippen LogP contribution in [0.25, 0.3) is 0 Å². The van der Waals surface area contributed by atoms with Gasteiger partial charge in [-0.15, -0.1) is 0 Å². The Balaban J connectivity index is 2.53. The molecular weight excluding hydrogens is 387 g/mol. The molecule has 0 amide bonds. The first-order valence-electron chi connectivity index (χ1n) is 7.10. The monoisotopic (exact) mass is 403 g/mol. The molecule has 2 rings (SSSR count). The van der Waals surface area contributed by atoms with Gasteiger partial charge in [0.1, 0.15) is 11.2 Å². The molecule has 0 bridgehead atoms. The summed E-state index contributed by atoms with van der Waals surface area (Å²) in [6, 6.07) is 6.81. The smallest absolute Gasteiger partial charge is 0.421 e. The van der Waals surface area contributed by atoms with Gasteiger partial charge in [0.2, 0.25) is 0 Å². The van der Waals surface area contributed by atoms with Crippen molar-refractivity contribution in [3.63, 3.8) is 0 Å². The fourth-order valence-corrected chi connectivity index (χ4v) is 2.33. The highest BCUT2D eigenvalue weighted by Crippen LogP contribution is 2.38. The third kappa shape index (κ3) is 4.59. The summed E-state index contributed by atoms with van der Waals surface area (Å²) in [6.45, 7) is 5.31. The maximum Gasteiger partial charge on any atom is 0.421 e. The van der Waals surface area contributed by atoms with Crippen LogP contribution < -0.4 is 9.64 Å². The standard InChI is InChI=1S/C16H17BrF3N3O/c1-15(2,3)24-14-21-9-12(16(18,19)20)13(22-14)23(4)11-7-5-6-10(17)8-11/h5-9H,1-4H3. The Bertz CT molecular complexity index is 729. The Hall–Kier alpha value is -1.83. The summed E-state index contributed by atoms with van der Waals surface area (Å²) in [5, 5.41) is 0. The number of benzene rings is 1. The highest BCUT2D eigenvalue weighted by Gasteiger charge is 2.37. The number of nitrogens with zero attached hydrogens (tertiary/aromatic N) is 3. The molecule has 130 valence electrons. The quantitative estimate of drug-likeness (QED) is 0.705. The minimum Gasteiger partial charge on any atom is -0.458 e. The topological polar surface area (TPSA) is 38.2 Å². The lowest BCUT2D eigenvalue weighted by Gasteiger charge is -2.24. The van der Waals surface area contributed by atoms with Gasteiger partial charge in [0.25, 0.3) is 0 Å². The van der Waals surface area contributed by atoms with Crippen LogP contribution in [0.4, 0.5) is 24.7 Å². The number of halogens is 4. The van der Waals surface area contributed by atoms with Gasteiger partial charge in [-0.3, -0.25) is 0 Å². The van der Waals surface area contributed by atoms with E-state index in [9.17, 15) is 13.2 Å². The van der Waals surface area contributed by atoms with Gasteiger partial charge < -0.3 is 9.64 Å². The number of alkyl halides is 3. The second-order valence-corrected chi connectivity index (χ2v) is 7.06. The van der Waals surface area contributed by atoms with Gasteiger partial charge in [-0.05, 0) is 39.0 Å². The average molecular weight is 404 g/mol. The summed E-state index contributed by atoms with van der Waals surface area (Å²) in [5.41, 5.74) is -0.993. The number of hydrogen-bond donors (Lipinski definition) is 0. The number of anilines is 2. The number of hydrogen-bond acceptors (Lipinski definition) is 4. The Morgan fingerprint density at radius 3 is 2.38 bits per heavy atom. The molecule has 0 aliphatic heterocycles. The van der Waals surface area contributed by atoms with Crippen LogP contribution in [0.1, 0.15) is 26.3 Å². The number of rotatable bonds is 3. The third-order valence-electron chi connectivity index (χ3n) is 2.96. The fraction of sp³-hybridized carbons (Fsp3) is 0.375. The predicted octanol–water partition coefficient (Wildman–Crippen LogP) is 5.20. The summed E-state index contributed by atoms with van der Waals surface area (Å²) < 4.78 is 46.2. The molecule has 0 saturated heterocycles. The normalized spacial score (nSPS) is 12.2. The van der Waals surface area contributed by atoms with Crippen LogP contribution in [0.2, 0.25) is 0 Å². The first-order chi connectivity index (χ1) is 11.0. The Morgan fingerprint density at radius 1 is 1.17 bits per heavy atom. The molecule has 2 aromatic rings. The highest BCUT2D eigenvalue weighted by molar-refractivity contribution is 9.10. The van der Waals surface area contributed by atoms with E-state index in [0.29, 0.717) is 5.69 Å². The van der Waals surface area contributed by atoms with E-state index < -0.39 is 17.3 Å². The molecule has 0 fully saturated rings. The Kier molecular flexibility index (Phi) is 5.08. The molecule has 0 N–H and O–H groups in total. The van der Waals surface area contributed by atoms with Crippen molar-refractivity contribution in [2.45, 2.75) is 32.5 Å². The van der Waals surface area contributed by atoms with Gasteiger partial charge in [0.15, 0.2) is 5.82 Å². The van der Waals surface area contributed by atoms with Gasteiger partial charge >= 0.3 is 12.2 Å². The molecule has 0 radical (unpaired) electrons. The van der Waals surface area contributed by atoms with Crippen LogP contribution in [0.15, 0.2) is 34.9 Å². The minimum absolute atomic E-state index is 0.104.